The summed E-state index contributed by atoms with van der Waals surface area (Å²) in [7, 11) is 0. The van der Waals surface area contributed by atoms with E-state index in [0.29, 0.717) is 6.42 Å². The maximum Gasteiger partial charge on any atom is 0.223 e. The topological polar surface area (TPSA) is 72.2 Å². The summed E-state index contributed by atoms with van der Waals surface area (Å²) in [5.74, 6) is -0.970. The van der Waals surface area contributed by atoms with Crippen molar-refractivity contribution in [1.29, 1.82) is 0 Å². The molecule has 116 valence electrons. The van der Waals surface area contributed by atoms with Gasteiger partial charge in [-0.2, -0.15) is 0 Å². The van der Waals surface area contributed by atoms with Crippen molar-refractivity contribution in [3.63, 3.8) is 0 Å². The van der Waals surface area contributed by atoms with Gasteiger partial charge in [0.25, 0.3) is 0 Å². The maximum atomic E-state index is 12.1. The quantitative estimate of drug-likeness (QED) is 0.858. The van der Waals surface area contributed by atoms with Crippen molar-refractivity contribution in [2.45, 2.75) is 20.3 Å². The molecule has 4 heteroatoms. The van der Waals surface area contributed by atoms with Crippen molar-refractivity contribution < 1.29 is 9.59 Å². The van der Waals surface area contributed by atoms with E-state index in [-0.39, 0.29) is 24.3 Å². The standard InChI is InChI=1S/C18H22N2O2/c1-12(18(22)20-11-13(2)17(19)21)10-15-8-5-7-14-6-3-4-9-16(14)15/h3-9,12-13H,10-11H2,1-2H3,(H2,19,21)(H,20,22). The van der Waals surface area contributed by atoms with Gasteiger partial charge >= 0.3 is 0 Å². The molecule has 0 aliphatic heterocycles. The number of nitrogens with two attached hydrogens (primary N) is 1. The summed E-state index contributed by atoms with van der Waals surface area (Å²) in [6, 6.07) is 14.3. The lowest BCUT2D eigenvalue weighted by Gasteiger charge is -2.15. The Bertz CT molecular complexity index is 676. The first-order valence-corrected chi connectivity index (χ1v) is 7.52. The van der Waals surface area contributed by atoms with Gasteiger partial charge in [-0.05, 0) is 22.8 Å². The molecule has 0 aromatic heterocycles. The Labute approximate surface area is 130 Å². The van der Waals surface area contributed by atoms with E-state index in [1.165, 1.54) is 10.8 Å². The summed E-state index contributed by atoms with van der Waals surface area (Å²) in [5.41, 5.74) is 6.35. The van der Waals surface area contributed by atoms with Crippen LogP contribution in [0.4, 0.5) is 0 Å². The monoisotopic (exact) mass is 298 g/mol. The summed E-state index contributed by atoms with van der Waals surface area (Å²) in [6.07, 6.45) is 0.665. The van der Waals surface area contributed by atoms with Crippen molar-refractivity contribution in [2.75, 3.05) is 6.54 Å². The van der Waals surface area contributed by atoms with Gasteiger partial charge in [0.05, 0.1) is 5.92 Å². The normalized spacial score (nSPS) is 13.5. The van der Waals surface area contributed by atoms with E-state index in [4.69, 9.17) is 5.73 Å². The minimum Gasteiger partial charge on any atom is -0.369 e. The summed E-state index contributed by atoms with van der Waals surface area (Å²) < 4.78 is 0. The molecule has 2 rings (SSSR count). The van der Waals surface area contributed by atoms with E-state index in [9.17, 15) is 9.59 Å². The largest absolute Gasteiger partial charge is 0.369 e. The molecule has 0 aliphatic rings. The lowest BCUT2D eigenvalue weighted by molar-refractivity contribution is -0.125. The highest BCUT2D eigenvalue weighted by Crippen LogP contribution is 2.21. The zero-order valence-electron chi connectivity index (χ0n) is 13.0. The Hall–Kier alpha value is -2.36. The third kappa shape index (κ3) is 3.85. The van der Waals surface area contributed by atoms with Crippen LogP contribution >= 0.6 is 0 Å². The van der Waals surface area contributed by atoms with E-state index in [1.807, 2.05) is 25.1 Å². The zero-order valence-corrected chi connectivity index (χ0v) is 13.0. The fraction of sp³-hybridized carbons (Fsp3) is 0.333. The molecule has 2 amide bonds. The zero-order chi connectivity index (χ0) is 16.1. The molecular formula is C18H22N2O2. The molecule has 0 aliphatic carbocycles. The van der Waals surface area contributed by atoms with Crippen LogP contribution in [0.3, 0.4) is 0 Å². The highest BCUT2D eigenvalue weighted by atomic mass is 16.2. The molecular weight excluding hydrogens is 276 g/mol. The van der Waals surface area contributed by atoms with Gasteiger partial charge in [-0.3, -0.25) is 9.59 Å². The number of carbonyl (C=O) groups is 2. The lowest BCUT2D eigenvalue weighted by atomic mass is 9.95. The van der Waals surface area contributed by atoms with Crippen LogP contribution < -0.4 is 11.1 Å². The van der Waals surface area contributed by atoms with Crippen LogP contribution in [0.5, 0.6) is 0 Å². The van der Waals surface area contributed by atoms with Gasteiger partial charge in [0.2, 0.25) is 11.8 Å². The third-order valence-corrected chi connectivity index (χ3v) is 3.92. The first-order valence-electron chi connectivity index (χ1n) is 7.52. The Balaban J connectivity index is 2.03. The minimum absolute atomic E-state index is 0.0546. The molecule has 0 bridgehead atoms. The highest BCUT2D eigenvalue weighted by Gasteiger charge is 2.16. The van der Waals surface area contributed by atoms with Crippen LogP contribution in [0.15, 0.2) is 42.5 Å². The number of carbonyl (C=O) groups excluding carboxylic acids is 2. The Morgan fingerprint density at radius 3 is 2.45 bits per heavy atom. The van der Waals surface area contributed by atoms with Crippen molar-refractivity contribution in [3.05, 3.63) is 48.0 Å². The lowest BCUT2D eigenvalue weighted by Crippen LogP contribution is -2.37. The molecule has 3 N–H and O–H groups in total. The average molecular weight is 298 g/mol. The van der Waals surface area contributed by atoms with Crippen molar-refractivity contribution >= 4 is 22.6 Å². The van der Waals surface area contributed by atoms with Crippen LogP contribution in [0, 0.1) is 11.8 Å². The Kier molecular flexibility index (Phi) is 5.15. The van der Waals surface area contributed by atoms with Crippen LogP contribution in [-0.4, -0.2) is 18.4 Å². The molecule has 22 heavy (non-hydrogen) atoms. The van der Waals surface area contributed by atoms with Gasteiger partial charge in [-0.25, -0.2) is 0 Å². The van der Waals surface area contributed by atoms with Gasteiger partial charge in [-0.15, -0.1) is 0 Å². The molecule has 0 spiro atoms. The van der Waals surface area contributed by atoms with Gasteiger partial charge in [0.15, 0.2) is 0 Å². The van der Waals surface area contributed by atoms with Crippen molar-refractivity contribution in [1.82, 2.24) is 5.32 Å². The number of fused-ring (bicyclic) bond motifs is 1. The minimum atomic E-state index is -0.401. The number of primary amides is 1. The Morgan fingerprint density at radius 1 is 1.05 bits per heavy atom. The van der Waals surface area contributed by atoms with Crippen molar-refractivity contribution in [3.8, 4) is 0 Å². The average Bonchev–Trinajstić information content (AvgIpc) is 2.52. The number of amides is 2. The van der Waals surface area contributed by atoms with Gasteiger partial charge in [0, 0.05) is 12.5 Å². The SMILES string of the molecule is CC(CNC(=O)C(C)Cc1cccc2ccccc12)C(N)=O. The Morgan fingerprint density at radius 2 is 1.73 bits per heavy atom. The molecule has 2 aromatic carbocycles. The number of hydrogen-bond donors (Lipinski definition) is 2. The van der Waals surface area contributed by atoms with Crippen LogP contribution in [-0.2, 0) is 16.0 Å². The first-order chi connectivity index (χ1) is 10.5. The molecule has 2 aromatic rings. The van der Waals surface area contributed by atoms with E-state index >= 15 is 0 Å². The molecule has 4 nitrogen and oxygen atoms in total. The summed E-state index contributed by atoms with van der Waals surface area (Å²) in [6.45, 7) is 3.89. The fourth-order valence-corrected chi connectivity index (χ4v) is 2.42. The molecule has 0 saturated carbocycles. The molecule has 2 unspecified atom stereocenters. The van der Waals surface area contributed by atoms with E-state index in [1.54, 1.807) is 6.92 Å². The van der Waals surface area contributed by atoms with E-state index in [2.05, 4.69) is 29.6 Å². The fourth-order valence-electron chi connectivity index (χ4n) is 2.42. The number of rotatable bonds is 6. The van der Waals surface area contributed by atoms with Crippen LogP contribution in [0.1, 0.15) is 19.4 Å². The molecule has 0 heterocycles. The number of nitrogens with one attached hydrogen (secondary N) is 1. The predicted molar refractivity (Wildman–Crippen MR) is 88.2 cm³/mol. The predicted octanol–water partition coefficient (Wildman–Crippen LogP) is 2.26. The van der Waals surface area contributed by atoms with Crippen molar-refractivity contribution in [2.24, 2.45) is 17.6 Å². The summed E-state index contributed by atoms with van der Waals surface area (Å²) >= 11 is 0. The van der Waals surface area contributed by atoms with Crippen LogP contribution in [0.25, 0.3) is 10.8 Å². The number of benzene rings is 2. The molecule has 2 atom stereocenters. The third-order valence-electron chi connectivity index (χ3n) is 3.92. The molecule has 0 saturated heterocycles. The highest BCUT2D eigenvalue weighted by molar-refractivity contribution is 5.87. The first kappa shape index (κ1) is 16.0. The molecule has 0 radical (unpaired) electrons. The van der Waals surface area contributed by atoms with E-state index in [0.717, 1.165) is 5.56 Å². The number of hydrogen-bond acceptors (Lipinski definition) is 2. The second-order valence-corrected chi connectivity index (χ2v) is 5.79. The van der Waals surface area contributed by atoms with E-state index < -0.39 is 5.91 Å². The maximum absolute atomic E-state index is 12.1. The second-order valence-electron chi connectivity index (χ2n) is 5.79. The van der Waals surface area contributed by atoms with Gasteiger partial charge in [-0.1, -0.05) is 56.3 Å². The van der Waals surface area contributed by atoms with Gasteiger partial charge < -0.3 is 11.1 Å². The summed E-state index contributed by atoms with van der Waals surface area (Å²) in [5, 5.41) is 5.14. The second kappa shape index (κ2) is 7.07. The van der Waals surface area contributed by atoms with Crippen LogP contribution in [0.2, 0.25) is 0 Å². The molecule has 0 fully saturated rings. The summed E-state index contributed by atoms with van der Waals surface area (Å²) in [4.78, 5) is 23.1. The van der Waals surface area contributed by atoms with Gasteiger partial charge in [0.1, 0.15) is 0 Å². The smallest absolute Gasteiger partial charge is 0.223 e.